The van der Waals surface area contributed by atoms with Gasteiger partial charge in [0.05, 0.1) is 18.6 Å². The molecule has 0 saturated heterocycles. The molecule has 3 amide bonds. The minimum absolute atomic E-state index is 0.179. The van der Waals surface area contributed by atoms with Gasteiger partial charge in [0.2, 0.25) is 5.91 Å². The van der Waals surface area contributed by atoms with Gasteiger partial charge in [0.15, 0.2) is 0 Å². The van der Waals surface area contributed by atoms with Crippen molar-refractivity contribution in [1.82, 2.24) is 5.32 Å². The number of alkyl carbamates (subject to hydrolysis) is 1. The van der Waals surface area contributed by atoms with Gasteiger partial charge in [-0.1, -0.05) is 36.8 Å². The van der Waals surface area contributed by atoms with Gasteiger partial charge in [-0.2, -0.15) is 0 Å². The Labute approximate surface area is 174 Å². The maximum absolute atomic E-state index is 12.8. The van der Waals surface area contributed by atoms with E-state index < -0.39 is 12.0 Å². The van der Waals surface area contributed by atoms with Crippen LogP contribution in [0.15, 0.2) is 24.3 Å². The first-order valence-corrected chi connectivity index (χ1v) is 10.7. The summed E-state index contributed by atoms with van der Waals surface area (Å²) in [6.07, 6.45) is 2.04. The van der Waals surface area contributed by atoms with Gasteiger partial charge < -0.3 is 10.1 Å². The third kappa shape index (κ3) is 5.23. The summed E-state index contributed by atoms with van der Waals surface area (Å²) in [7, 11) is 0. The SMILES string of the molecule is CCOC(=O)NC(=O)c1c(NC(=O)Cc2ccc(C)cc2)sc2c1CCC(C)C2. The zero-order chi connectivity index (χ0) is 21.0. The lowest BCUT2D eigenvalue weighted by molar-refractivity contribution is -0.115. The molecule has 0 bridgehead atoms. The number of carbonyl (C=O) groups is 3. The number of anilines is 1. The Morgan fingerprint density at radius 1 is 1.21 bits per heavy atom. The van der Waals surface area contributed by atoms with Crippen molar-refractivity contribution >= 4 is 34.2 Å². The fraction of sp³-hybridized carbons (Fsp3) is 0.409. The number of rotatable bonds is 5. The molecule has 0 fully saturated rings. The number of hydrogen-bond acceptors (Lipinski definition) is 5. The second-order valence-corrected chi connectivity index (χ2v) is 8.55. The van der Waals surface area contributed by atoms with Gasteiger partial charge in [-0.25, -0.2) is 4.79 Å². The van der Waals surface area contributed by atoms with Gasteiger partial charge >= 0.3 is 6.09 Å². The number of nitrogens with one attached hydrogen (secondary N) is 2. The minimum atomic E-state index is -0.779. The van der Waals surface area contributed by atoms with E-state index in [1.807, 2.05) is 31.2 Å². The molecule has 1 aliphatic rings. The molecule has 1 aliphatic carbocycles. The number of thiophene rings is 1. The Bertz CT molecular complexity index is 918. The molecule has 2 N–H and O–H groups in total. The van der Waals surface area contributed by atoms with Crippen molar-refractivity contribution in [2.45, 2.75) is 46.5 Å². The second-order valence-electron chi connectivity index (χ2n) is 7.44. The lowest BCUT2D eigenvalue weighted by Crippen LogP contribution is -2.32. The van der Waals surface area contributed by atoms with Crippen LogP contribution >= 0.6 is 11.3 Å². The summed E-state index contributed by atoms with van der Waals surface area (Å²) in [5, 5.41) is 5.67. The molecule has 29 heavy (non-hydrogen) atoms. The molecule has 0 spiro atoms. The molecule has 7 heteroatoms. The molecule has 1 aromatic heterocycles. The second kappa shape index (κ2) is 9.22. The van der Waals surface area contributed by atoms with Crippen LogP contribution in [-0.2, 0) is 28.8 Å². The number of carbonyl (C=O) groups excluding carboxylic acids is 3. The Hall–Kier alpha value is -2.67. The van der Waals surface area contributed by atoms with Crippen molar-refractivity contribution in [3.8, 4) is 0 Å². The van der Waals surface area contributed by atoms with Gasteiger partial charge in [-0.3, -0.25) is 14.9 Å². The van der Waals surface area contributed by atoms with Crippen LogP contribution in [0.4, 0.5) is 9.80 Å². The molecule has 1 heterocycles. The molecule has 0 aliphatic heterocycles. The summed E-state index contributed by atoms with van der Waals surface area (Å²) in [6, 6.07) is 7.77. The minimum Gasteiger partial charge on any atom is -0.450 e. The lowest BCUT2D eigenvalue weighted by Gasteiger charge is -2.18. The average molecular weight is 415 g/mol. The van der Waals surface area contributed by atoms with E-state index in [2.05, 4.69) is 17.6 Å². The normalized spacial score (nSPS) is 15.3. The third-order valence-electron chi connectivity index (χ3n) is 4.97. The third-order valence-corrected chi connectivity index (χ3v) is 6.14. The molecule has 0 saturated carbocycles. The molecule has 2 aromatic rings. The Kier molecular flexibility index (Phi) is 6.69. The zero-order valence-corrected chi connectivity index (χ0v) is 17.8. The highest BCUT2D eigenvalue weighted by Gasteiger charge is 2.29. The Morgan fingerprint density at radius 3 is 2.62 bits per heavy atom. The summed E-state index contributed by atoms with van der Waals surface area (Å²) in [5.74, 6) is -0.190. The lowest BCUT2D eigenvalue weighted by atomic mass is 9.88. The van der Waals surface area contributed by atoms with Gasteiger partial charge in [0, 0.05) is 4.88 Å². The molecule has 1 aromatic carbocycles. The van der Waals surface area contributed by atoms with Crippen molar-refractivity contribution < 1.29 is 19.1 Å². The van der Waals surface area contributed by atoms with Crippen LogP contribution in [0.2, 0.25) is 0 Å². The zero-order valence-electron chi connectivity index (χ0n) is 17.0. The van der Waals surface area contributed by atoms with Crippen molar-refractivity contribution in [1.29, 1.82) is 0 Å². The van der Waals surface area contributed by atoms with Crippen molar-refractivity contribution in [3.63, 3.8) is 0 Å². The number of ether oxygens (including phenoxy) is 1. The number of fused-ring (bicyclic) bond motifs is 1. The summed E-state index contributed by atoms with van der Waals surface area (Å²) < 4.78 is 4.83. The van der Waals surface area contributed by atoms with E-state index in [1.165, 1.54) is 11.3 Å². The monoisotopic (exact) mass is 414 g/mol. The molecule has 154 valence electrons. The highest BCUT2D eigenvalue weighted by Crippen LogP contribution is 2.39. The van der Waals surface area contributed by atoms with Crippen molar-refractivity contribution in [2.75, 3.05) is 11.9 Å². The number of hydrogen-bond donors (Lipinski definition) is 2. The Balaban J connectivity index is 1.82. The number of benzene rings is 1. The molecule has 6 nitrogen and oxygen atoms in total. The van der Waals surface area contributed by atoms with Crippen LogP contribution in [0.25, 0.3) is 0 Å². The Morgan fingerprint density at radius 2 is 1.93 bits per heavy atom. The van der Waals surface area contributed by atoms with Crippen LogP contribution < -0.4 is 10.6 Å². The van der Waals surface area contributed by atoms with E-state index in [-0.39, 0.29) is 18.9 Å². The molecular formula is C22H26N2O4S. The van der Waals surface area contributed by atoms with Gasteiger partial charge in [0.1, 0.15) is 5.00 Å². The molecule has 1 unspecified atom stereocenters. The first-order valence-electron chi connectivity index (χ1n) is 9.85. The van der Waals surface area contributed by atoms with E-state index >= 15 is 0 Å². The first kappa shape index (κ1) is 21.0. The van der Waals surface area contributed by atoms with Gasteiger partial charge in [-0.05, 0) is 50.2 Å². The van der Waals surface area contributed by atoms with E-state index in [0.717, 1.165) is 40.8 Å². The predicted octanol–water partition coefficient (Wildman–Crippen LogP) is 4.25. The summed E-state index contributed by atoms with van der Waals surface area (Å²) in [6.45, 7) is 6.03. The van der Waals surface area contributed by atoms with Crippen LogP contribution in [0.1, 0.15) is 52.2 Å². The summed E-state index contributed by atoms with van der Waals surface area (Å²) >= 11 is 1.43. The van der Waals surface area contributed by atoms with Crippen molar-refractivity contribution in [3.05, 3.63) is 51.4 Å². The fourth-order valence-electron chi connectivity index (χ4n) is 3.46. The van der Waals surface area contributed by atoms with E-state index in [1.54, 1.807) is 6.92 Å². The maximum atomic E-state index is 12.8. The maximum Gasteiger partial charge on any atom is 0.414 e. The standard InChI is InChI=1S/C22H26N2O4S/c1-4-28-22(27)24-20(26)19-16-10-7-14(3)11-17(16)29-21(19)23-18(25)12-15-8-5-13(2)6-9-15/h5-6,8-9,14H,4,7,10-12H2,1-3H3,(H,23,25)(H,24,26,27). The smallest absolute Gasteiger partial charge is 0.414 e. The summed E-state index contributed by atoms with van der Waals surface area (Å²) in [5.41, 5.74) is 3.36. The van der Waals surface area contributed by atoms with Crippen molar-refractivity contribution in [2.24, 2.45) is 5.92 Å². The fourth-order valence-corrected chi connectivity index (χ4v) is 4.89. The number of amides is 3. The van der Waals surface area contributed by atoms with Gasteiger partial charge in [0.25, 0.3) is 5.91 Å². The highest BCUT2D eigenvalue weighted by molar-refractivity contribution is 7.17. The van der Waals surface area contributed by atoms with Crippen LogP contribution in [-0.4, -0.2) is 24.5 Å². The predicted molar refractivity (Wildman–Crippen MR) is 114 cm³/mol. The summed E-state index contributed by atoms with van der Waals surface area (Å²) in [4.78, 5) is 38.2. The largest absolute Gasteiger partial charge is 0.450 e. The van der Waals surface area contributed by atoms with Gasteiger partial charge in [-0.15, -0.1) is 11.3 Å². The highest BCUT2D eigenvalue weighted by atomic mass is 32.1. The number of aryl methyl sites for hydroxylation is 1. The number of imide groups is 1. The molecule has 3 rings (SSSR count). The topological polar surface area (TPSA) is 84.5 Å². The molecule has 1 atom stereocenters. The van der Waals surface area contributed by atoms with Crippen LogP contribution in [0.5, 0.6) is 0 Å². The quantitative estimate of drug-likeness (QED) is 0.766. The first-order chi connectivity index (χ1) is 13.9. The average Bonchev–Trinajstić information content (AvgIpc) is 3.00. The van der Waals surface area contributed by atoms with Crippen LogP contribution in [0, 0.1) is 12.8 Å². The van der Waals surface area contributed by atoms with E-state index in [0.29, 0.717) is 16.5 Å². The molecular weight excluding hydrogens is 388 g/mol. The van der Waals surface area contributed by atoms with E-state index in [9.17, 15) is 14.4 Å². The van der Waals surface area contributed by atoms with E-state index in [4.69, 9.17) is 4.74 Å². The van der Waals surface area contributed by atoms with Crippen LogP contribution in [0.3, 0.4) is 0 Å². The molecule has 0 radical (unpaired) electrons.